The molecular weight excluding hydrogens is 492 g/mol. The van der Waals surface area contributed by atoms with Crippen LogP contribution in [-0.4, -0.2) is 70.1 Å². The summed E-state index contributed by atoms with van der Waals surface area (Å²) in [6, 6.07) is 7.47. The van der Waals surface area contributed by atoms with Gasteiger partial charge in [-0.05, 0) is 81.4 Å². The second-order valence-electron chi connectivity index (χ2n) is 11.0. The van der Waals surface area contributed by atoms with Crippen molar-refractivity contribution in [3.8, 4) is 5.75 Å². The summed E-state index contributed by atoms with van der Waals surface area (Å²) < 4.78 is 5.04. The summed E-state index contributed by atoms with van der Waals surface area (Å²) in [4.78, 5) is 42.8. The van der Waals surface area contributed by atoms with E-state index < -0.39 is 10.8 Å². The molecule has 37 heavy (non-hydrogen) atoms. The maximum atomic E-state index is 13.1. The van der Waals surface area contributed by atoms with Gasteiger partial charge in [-0.2, -0.15) is 4.99 Å². The van der Waals surface area contributed by atoms with Crippen molar-refractivity contribution >= 4 is 34.8 Å². The molecule has 2 saturated carbocycles. The summed E-state index contributed by atoms with van der Waals surface area (Å²) in [5.41, 5.74) is 0.556. The van der Waals surface area contributed by atoms with Gasteiger partial charge in [0.15, 0.2) is 5.17 Å². The molecule has 0 aromatic heterocycles. The van der Waals surface area contributed by atoms with Crippen molar-refractivity contribution in [1.82, 2.24) is 15.5 Å². The van der Waals surface area contributed by atoms with Crippen LogP contribution in [0.4, 0.5) is 4.79 Å². The number of piperidine rings is 1. The number of amidine groups is 1. The molecule has 4 atom stereocenters. The Morgan fingerprint density at radius 2 is 2.03 bits per heavy atom. The van der Waals surface area contributed by atoms with Crippen LogP contribution in [0, 0.1) is 17.8 Å². The van der Waals surface area contributed by atoms with Gasteiger partial charge in [-0.25, -0.2) is 4.79 Å². The molecule has 10 heteroatoms. The quantitative estimate of drug-likeness (QED) is 0.440. The standard InChI is InChI=1S/C27H36N4O5S/c1-27(24(33)30-25(37-27)29-22-14-18-5-6-19(22)13-18)16-17-7-10-31(11-8-17)23(32)20-3-2-4-21(15-20)36-12-9-28-26(34)35/h2-4,15,17-19,22,28H,5-14,16H2,1H3,(H,34,35)(H,29,30,33)/t18?,19?,22-,27?/m0/s1. The van der Waals surface area contributed by atoms with Crippen molar-refractivity contribution in [2.75, 3.05) is 26.2 Å². The Bertz CT molecular complexity index is 1070. The second kappa shape index (κ2) is 10.9. The fourth-order valence-corrected chi connectivity index (χ4v) is 7.60. The van der Waals surface area contributed by atoms with Crippen molar-refractivity contribution in [2.24, 2.45) is 22.7 Å². The number of benzene rings is 1. The number of hydrogen-bond acceptors (Lipinski definition) is 6. The molecule has 2 bridgehead atoms. The number of carbonyl (C=O) groups excluding carboxylic acids is 2. The van der Waals surface area contributed by atoms with Gasteiger partial charge < -0.3 is 25.4 Å². The number of likely N-dealkylation sites (tertiary alicyclic amines) is 1. The molecule has 3 N–H and O–H groups in total. The zero-order valence-electron chi connectivity index (χ0n) is 21.3. The Hall–Kier alpha value is -2.75. The molecule has 1 aromatic rings. The van der Waals surface area contributed by atoms with Crippen LogP contribution in [0.1, 0.15) is 62.2 Å². The number of nitrogens with one attached hydrogen (secondary N) is 2. The van der Waals surface area contributed by atoms with E-state index in [1.807, 2.05) is 11.8 Å². The van der Waals surface area contributed by atoms with Crippen LogP contribution < -0.4 is 15.4 Å². The maximum Gasteiger partial charge on any atom is 0.404 e. The summed E-state index contributed by atoms with van der Waals surface area (Å²) in [7, 11) is 0. The maximum absolute atomic E-state index is 13.1. The molecule has 200 valence electrons. The third-order valence-electron chi connectivity index (χ3n) is 8.33. The first kappa shape index (κ1) is 25.9. The number of fused-ring (bicyclic) bond motifs is 2. The number of carboxylic acid groups (broad SMARTS) is 1. The highest BCUT2D eigenvalue weighted by atomic mass is 32.2. The van der Waals surface area contributed by atoms with Crippen LogP contribution in [0.3, 0.4) is 0 Å². The van der Waals surface area contributed by atoms with Crippen LogP contribution in [0.5, 0.6) is 5.75 Å². The number of nitrogens with zero attached hydrogens (tertiary/aromatic N) is 2. The van der Waals surface area contributed by atoms with E-state index in [9.17, 15) is 14.4 Å². The van der Waals surface area contributed by atoms with E-state index in [0.717, 1.165) is 36.3 Å². The minimum Gasteiger partial charge on any atom is -0.492 e. The van der Waals surface area contributed by atoms with E-state index >= 15 is 0 Å². The lowest BCUT2D eigenvalue weighted by atomic mass is 9.87. The lowest BCUT2D eigenvalue weighted by Crippen LogP contribution is -2.41. The van der Waals surface area contributed by atoms with Gasteiger partial charge in [0.05, 0.1) is 6.54 Å². The Labute approximate surface area is 221 Å². The molecule has 3 amide bonds. The van der Waals surface area contributed by atoms with Crippen molar-refractivity contribution in [3.05, 3.63) is 29.8 Å². The molecule has 3 fully saturated rings. The van der Waals surface area contributed by atoms with Gasteiger partial charge in [0.2, 0.25) is 0 Å². The average Bonchev–Trinajstić information content (AvgIpc) is 3.57. The first-order chi connectivity index (χ1) is 17.8. The molecule has 3 unspecified atom stereocenters. The first-order valence-corrected chi connectivity index (χ1v) is 14.2. The predicted molar refractivity (Wildman–Crippen MR) is 142 cm³/mol. The van der Waals surface area contributed by atoms with Gasteiger partial charge in [-0.3, -0.25) is 9.59 Å². The Kier molecular flexibility index (Phi) is 7.65. The lowest BCUT2D eigenvalue weighted by molar-refractivity contribution is -0.119. The minimum absolute atomic E-state index is 0.0305. The number of ether oxygens (including phenoxy) is 1. The van der Waals surface area contributed by atoms with Crippen molar-refractivity contribution < 1.29 is 24.2 Å². The fraction of sp³-hybridized carbons (Fsp3) is 0.630. The number of rotatable bonds is 8. The minimum atomic E-state index is -1.10. The Morgan fingerprint density at radius 3 is 2.73 bits per heavy atom. The van der Waals surface area contributed by atoms with Gasteiger partial charge in [0, 0.05) is 24.7 Å². The van der Waals surface area contributed by atoms with Crippen molar-refractivity contribution in [3.63, 3.8) is 0 Å². The fourth-order valence-electron chi connectivity index (χ4n) is 6.38. The Balaban J connectivity index is 1.08. The van der Waals surface area contributed by atoms with Gasteiger partial charge >= 0.3 is 6.09 Å². The van der Waals surface area contributed by atoms with E-state index in [0.29, 0.717) is 36.4 Å². The summed E-state index contributed by atoms with van der Waals surface area (Å²) >= 11 is 1.60. The normalized spacial score (nSPS) is 29.3. The highest BCUT2D eigenvalue weighted by Crippen LogP contribution is 2.46. The molecule has 4 aliphatic rings. The molecule has 5 rings (SSSR count). The molecule has 2 heterocycles. The molecule has 9 nitrogen and oxygen atoms in total. The monoisotopic (exact) mass is 528 g/mol. The summed E-state index contributed by atoms with van der Waals surface area (Å²) in [5.74, 6) is 2.42. The van der Waals surface area contributed by atoms with Crippen LogP contribution in [0.15, 0.2) is 29.3 Å². The SMILES string of the molecule is CC1(CC2CCN(C(=O)c3cccc(OCCNC(=O)O)c3)CC2)SC(N[C@H]2CC3CCC2C3)=NC1=O. The molecule has 1 aromatic carbocycles. The number of carbonyl (C=O) groups is 3. The number of aliphatic imine (C=N–C) groups is 1. The smallest absolute Gasteiger partial charge is 0.404 e. The van der Waals surface area contributed by atoms with Gasteiger partial charge in [0.25, 0.3) is 11.8 Å². The van der Waals surface area contributed by atoms with E-state index in [4.69, 9.17) is 9.84 Å². The molecular formula is C27H36N4O5S. The first-order valence-electron chi connectivity index (χ1n) is 13.4. The van der Waals surface area contributed by atoms with Crippen LogP contribution in [0.25, 0.3) is 0 Å². The van der Waals surface area contributed by atoms with E-state index in [-0.39, 0.29) is 25.0 Å². The molecule has 2 aliphatic carbocycles. The summed E-state index contributed by atoms with van der Waals surface area (Å²) in [5, 5.41) is 15.3. The largest absolute Gasteiger partial charge is 0.492 e. The highest BCUT2D eigenvalue weighted by Gasteiger charge is 2.46. The Morgan fingerprint density at radius 1 is 1.22 bits per heavy atom. The molecule has 0 spiro atoms. The van der Waals surface area contributed by atoms with Gasteiger partial charge in [-0.15, -0.1) is 0 Å². The van der Waals surface area contributed by atoms with Gasteiger partial charge in [-0.1, -0.05) is 24.2 Å². The van der Waals surface area contributed by atoms with Crippen LogP contribution in [-0.2, 0) is 4.79 Å². The zero-order valence-corrected chi connectivity index (χ0v) is 22.1. The topological polar surface area (TPSA) is 120 Å². The average molecular weight is 529 g/mol. The summed E-state index contributed by atoms with van der Waals surface area (Å²) in [6.07, 6.45) is 6.58. The van der Waals surface area contributed by atoms with E-state index in [1.54, 1.807) is 36.0 Å². The zero-order chi connectivity index (χ0) is 26.0. The van der Waals surface area contributed by atoms with Gasteiger partial charge in [0.1, 0.15) is 17.1 Å². The van der Waals surface area contributed by atoms with E-state index in [1.165, 1.54) is 25.7 Å². The lowest BCUT2D eigenvalue weighted by Gasteiger charge is -2.35. The van der Waals surface area contributed by atoms with Crippen LogP contribution >= 0.6 is 11.8 Å². The number of amides is 3. The van der Waals surface area contributed by atoms with E-state index in [2.05, 4.69) is 15.6 Å². The predicted octanol–water partition coefficient (Wildman–Crippen LogP) is 3.74. The number of hydrogen-bond donors (Lipinski definition) is 3. The number of thioether (sulfide) groups is 1. The molecule has 0 radical (unpaired) electrons. The highest BCUT2D eigenvalue weighted by molar-refractivity contribution is 8.16. The molecule has 1 saturated heterocycles. The summed E-state index contributed by atoms with van der Waals surface area (Å²) in [6.45, 7) is 3.69. The second-order valence-corrected chi connectivity index (χ2v) is 12.5. The molecule has 2 aliphatic heterocycles. The third kappa shape index (κ3) is 6.05. The third-order valence-corrected chi connectivity index (χ3v) is 9.53. The van der Waals surface area contributed by atoms with Crippen molar-refractivity contribution in [2.45, 2.75) is 62.7 Å². The van der Waals surface area contributed by atoms with Crippen LogP contribution in [0.2, 0.25) is 0 Å². The van der Waals surface area contributed by atoms with Crippen molar-refractivity contribution in [1.29, 1.82) is 0 Å².